The Morgan fingerprint density at radius 2 is 1.90 bits per heavy atom. The van der Waals surface area contributed by atoms with E-state index in [1.54, 1.807) is 4.90 Å². The third kappa shape index (κ3) is 3.26. The Kier molecular flexibility index (Phi) is 4.50. The number of nitrogens with one attached hydrogen (secondary N) is 1. The minimum Gasteiger partial charge on any atom is -0.340 e. The predicted octanol–water partition coefficient (Wildman–Crippen LogP) is 4.17. The first-order chi connectivity index (χ1) is 14.2. The Morgan fingerprint density at radius 3 is 2.76 bits per heavy atom. The topological polar surface area (TPSA) is 75.9 Å². The van der Waals surface area contributed by atoms with Gasteiger partial charge in [0.1, 0.15) is 17.8 Å². The smallest absolute Gasteiger partial charge is 0.256 e. The van der Waals surface area contributed by atoms with Crippen LogP contribution in [-0.2, 0) is 6.54 Å². The summed E-state index contributed by atoms with van der Waals surface area (Å²) >= 11 is 0. The number of hydrogen-bond acceptors (Lipinski definition) is 5. The summed E-state index contributed by atoms with van der Waals surface area (Å²) in [4.78, 5) is 19.0. The van der Waals surface area contributed by atoms with Crippen molar-refractivity contribution in [2.24, 2.45) is 0 Å². The fraction of sp³-hybridized carbons (Fsp3) is 0.364. The highest BCUT2D eigenvalue weighted by Gasteiger charge is 2.27. The molecule has 0 atom stereocenters. The first-order valence-corrected chi connectivity index (χ1v) is 10.2. The molecule has 3 aromatic rings. The molecular weight excluding hydrogens is 364 g/mol. The van der Waals surface area contributed by atoms with Crippen molar-refractivity contribution in [3.05, 3.63) is 53.9 Å². The summed E-state index contributed by atoms with van der Waals surface area (Å²) in [5, 5.41) is 11.8. The third-order valence-corrected chi connectivity index (χ3v) is 5.90. The molecule has 1 aliphatic carbocycles. The Hall–Kier alpha value is -3.22. The minimum absolute atomic E-state index is 0.0382. The summed E-state index contributed by atoms with van der Waals surface area (Å²) in [6, 6.07) is 12.2. The van der Waals surface area contributed by atoms with Crippen molar-refractivity contribution in [3.63, 3.8) is 0 Å². The molecule has 1 fully saturated rings. The second-order valence-electron chi connectivity index (χ2n) is 7.89. The van der Waals surface area contributed by atoms with E-state index >= 15 is 0 Å². The van der Waals surface area contributed by atoms with Crippen molar-refractivity contribution in [1.29, 1.82) is 0 Å². The molecular formula is C22H24N6O. The number of carbonyl (C=O) groups is 1. The van der Waals surface area contributed by atoms with Gasteiger partial charge in [0, 0.05) is 19.6 Å². The van der Waals surface area contributed by atoms with Gasteiger partial charge < -0.3 is 14.8 Å². The lowest BCUT2D eigenvalue weighted by Crippen LogP contribution is -2.18. The largest absolute Gasteiger partial charge is 0.340 e. The Morgan fingerprint density at radius 1 is 1.07 bits per heavy atom. The highest BCUT2D eigenvalue weighted by Crippen LogP contribution is 2.32. The molecule has 0 bridgehead atoms. The fourth-order valence-electron chi connectivity index (χ4n) is 4.43. The molecule has 7 nitrogen and oxygen atoms in total. The predicted molar refractivity (Wildman–Crippen MR) is 111 cm³/mol. The lowest BCUT2D eigenvalue weighted by atomic mass is 9.95. The number of benzene rings is 1. The number of aromatic nitrogens is 4. The third-order valence-electron chi connectivity index (χ3n) is 5.90. The molecule has 0 unspecified atom stereocenters. The number of hydrogen-bond donors (Lipinski definition) is 1. The van der Waals surface area contributed by atoms with E-state index in [9.17, 15) is 4.79 Å². The van der Waals surface area contributed by atoms with Gasteiger partial charge in [0.05, 0.1) is 11.3 Å². The number of anilines is 2. The highest BCUT2D eigenvalue weighted by atomic mass is 16.2. The fourth-order valence-corrected chi connectivity index (χ4v) is 4.43. The van der Waals surface area contributed by atoms with Crippen LogP contribution in [0.3, 0.4) is 0 Å². The van der Waals surface area contributed by atoms with Crippen LogP contribution in [0.25, 0.3) is 11.5 Å². The maximum Gasteiger partial charge on any atom is 0.256 e. The van der Waals surface area contributed by atoms with Gasteiger partial charge in [-0.15, -0.1) is 10.2 Å². The summed E-state index contributed by atoms with van der Waals surface area (Å²) < 4.78 is 2.17. The Balaban J connectivity index is 1.45. The van der Waals surface area contributed by atoms with Crippen LogP contribution in [0, 0.1) is 0 Å². The molecule has 2 aliphatic rings. The maximum absolute atomic E-state index is 12.5. The van der Waals surface area contributed by atoms with Crippen molar-refractivity contribution < 1.29 is 4.79 Å². The van der Waals surface area contributed by atoms with E-state index in [-0.39, 0.29) is 5.91 Å². The summed E-state index contributed by atoms with van der Waals surface area (Å²) in [6.07, 6.45) is 7.95. The zero-order valence-electron chi connectivity index (χ0n) is 16.5. The summed E-state index contributed by atoms with van der Waals surface area (Å²) in [5.41, 5.74) is 3.34. The number of rotatable bonds is 4. The van der Waals surface area contributed by atoms with Crippen LogP contribution in [-0.4, -0.2) is 37.6 Å². The number of carbonyl (C=O) groups excluding carboxylic acids is 1. The number of nitrogens with zero attached hydrogens (tertiary/aromatic N) is 5. The molecule has 1 N–H and O–H groups in total. The second kappa shape index (κ2) is 7.31. The van der Waals surface area contributed by atoms with Gasteiger partial charge in [-0.1, -0.05) is 37.5 Å². The van der Waals surface area contributed by atoms with Crippen LogP contribution in [0.1, 0.15) is 54.1 Å². The molecule has 1 aromatic carbocycles. The molecule has 0 radical (unpaired) electrons. The average molecular weight is 388 g/mol. The molecule has 1 saturated carbocycles. The lowest BCUT2D eigenvalue weighted by molar-refractivity contribution is 0.0817. The molecule has 0 spiro atoms. The molecule has 0 saturated heterocycles. The van der Waals surface area contributed by atoms with E-state index in [0.29, 0.717) is 18.4 Å². The van der Waals surface area contributed by atoms with Crippen LogP contribution in [0.4, 0.5) is 11.5 Å². The van der Waals surface area contributed by atoms with E-state index in [2.05, 4.69) is 20.1 Å². The van der Waals surface area contributed by atoms with Crippen molar-refractivity contribution in [2.45, 2.75) is 44.7 Å². The van der Waals surface area contributed by atoms with E-state index in [1.165, 1.54) is 19.3 Å². The number of fused-ring (bicyclic) bond motifs is 1. The maximum atomic E-state index is 12.5. The van der Waals surface area contributed by atoms with Gasteiger partial charge in [0.15, 0.2) is 5.82 Å². The first-order valence-electron chi connectivity index (χ1n) is 10.2. The van der Waals surface area contributed by atoms with Gasteiger partial charge in [0.25, 0.3) is 5.91 Å². The van der Waals surface area contributed by atoms with Gasteiger partial charge in [-0.05, 0) is 36.6 Å². The standard InChI is InChI=1S/C22H24N6O/c1-27-13-15-7-5-10-17(20(15)22(27)29)24-19-12-6-11-18(25-19)21-26-23-14-28(21)16-8-3-2-4-9-16/h5-7,10-12,14,16H,2-4,8-9,13H2,1H3,(H,24,25). The first kappa shape index (κ1) is 17.8. The van der Waals surface area contributed by atoms with Crippen LogP contribution in [0.15, 0.2) is 42.7 Å². The van der Waals surface area contributed by atoms with Crippen molar-refractivity contribution >= 4 is 17.4 Å². The number of amides is 1. The second-order valence-corrected chi connectivity index (χ2v) is 7.89. The molecule has 7 heteroatoms. The van der Waals surface area contributed by atoms with E-state index < -0.39 is 0 Å². The average Bonchev–Trinajstić information content (AvgIpc) is 3.35. The summed E-state index contributed by atoms with van der Waals surface area (Å²) in [5.74, 6) is 1.53. The molecule has 1 aliphatic heterocycles. The quantitative estimate of drug-likeness (QED) is 0.726. The molecule has 5 rings (SSSR count). The van der Waals surface area contributed by atoms with E-state index in [1.807, 2.05) is 49.8 Å². The van der Waals surface area contributed by atoms with Gasteiger partial charge in [-0.2, -0.15) is 0 Å². The highest BCUT2D eigenvalue weighted by molar-refractivity contribution is 6.03. The Labute approximate surface area is 169 Å². The lowest BCUT2D eigenvalue weighted by Gasteiger charge is -2.23. The van der Waals surface area contributed by atoms with Crippen LogP contribution in [0.5, 0.6) is 0 Å². The minimum atomic E-state index is 0.0382. The van der Waals surface area contributed by atoms with Gasteiger partial charge in [0.2, 0.25) is 0 Å². The zero-order chi connectivity index (χ0) is 19.8. The molecule has 148 valence electrons. The zero-order valence-corrected chi connectivity index (χ0v) is 16.5. The van der Waals surface area contributed by atoms with Gasteiger partial charge in [-0.25, -0.2) is 4.98 Å². The molecule has 1 amide bonds. The molecule has 29 heavy (non-hydrogen) atoms. The molecule has 3 heterocycles. The van der Waals surface area contributed by atoms with Crippen molar-refractivity contribution in [2.75, 3.05) is 12.4 Å². The number of pyridine rings is 1. The van der Waals surface area contributed by atoms with Gasteiger partial charge >= 0.3 is 0 Å². The van der Waals surface area contributed by atoms with Crippen molar-refractivity contribution in [3.8, 4) is 11.5 Å². The van der Waals surface area contributed by atoms with Crippen molar-refractivity contribution in [1.82, 2.24) is 24.6 Å². The van der Waals surface area contributed by atoms with Crippen LogP contribution < -0.4 is 5.32 Å². The summed E-state index contributed by atoms with van der Waals surface area (Å²) in [6.45, 7) is 0.641. The SMILES string of the molecule is CN1Cc2cccc(Nc3cccc(-c4nncn4C4CCCCC4)n3)c2C1=O. The van der Waals surface area contributed by atoms with Crippen LogP contribution in [0.2, 0.25) is 0 Å². The van der Waals surface area contributed by atoms with E-state index in [4.69, 9.17) is 4.98 Å². The monoisotopic (exact) mass is 388 g/mol. The van der Waals surface area contributed by atoms with E-state index in [0.717, 1.165) is 41.2 Å². The van der Waals surface area contributed by atoms with Gasteiger partial charge in [-0.3, -0.25) is 4.79 Å². The Bertz CT molecular complexity index is 1050. The molecule has 2 aromatic heterocycles. The summed E-state index contributed by atoms with van der Waals surface area (Å²) in [7, 11) is 1.82. The van der Waals surface area contributed by atoms with Crippen LogP contribution >= 0.6 is 0 Å². The normalized spacial score (nSPS) is 16.9.